The SMILES string of the molecule is Cc1cc(C(N)=O)ccc1-c1ccc(CNC2Cc3ccccc3C2)c(O)c1. The third-order valence-corrected chi connectivity index (χ3v) is 5.54. The van der Waals surface area contributed by atoms with E-state index in [1.165, 1.54) is 11.1 Å². The maximum Gasteiger partial charge on any atom is 0.248 e. The fourth-order valence-electron chi connectivity index (χ4n) is 3.98. The van der Waals surface area contributed by atoms with Crippen molar-refractivity contribution in [1.82, 2.24) is 5.32 Å². The van der Waals surface area contributed by atoms with E-state index < -0.39 is 5.91 Å². The quantitative estimate of drug-likeness (QED) is 0.639. The molecule has 0 heterocycles. The van der Waals surface area contributed by atoms with Crippen molar-refractivity contribution in [3.05, 3.63) is 88.5 Å². The lowest BCUT2D eigenvalue weighted by Crippen LogP contribution is -2.28. The summed E-state index contributed by atoms with van der Waals surface area (Å²) in [6.45, 7) is 2.57. The molecule has 1 aliphatic rings. The molecule has 0 saturated heterocycles. The molecule has 0 radical (unpaired) electrons. The highest BCUT2D eigenvalue weighted by Gasteiger charge is 2.20. The van der Waals surface area contributed by atoms with Crippen LogP contribution in [0.25, 0.3) is 11.1 Å². The Hall–Kier alpha value is -3.11. The van der Waals surface area contributed by atoms with Gasteiger partial charge >= 0.3 is 0 Å². The van der Waals surface area contributed by atoms with Crippen molar-refractivity contribution < 1.29 is 9.90 Å². The molecular formula is C24H24N2O2. The molecule has 1 amide bonds. The average molecular weight is 372 g/mol. The van der Waals surface area contributed by atoms with Crippen molar-refractivity contribution in [1.29, 1.82) is 0 Å². The van der Waals surface area contributed by atoms with Gasteiger partial charge in [0.05, 0.1) is 0 Å². The van der Waals surface area contributed by atoms with Gasteiger partial charge in [-0.3, -0.25) is 4.79 Å². The van der Waals surface area contributed by atoms with Crippen LogP contribution in [0.1, 0.15) is 32.6 Å². The van der Waals surface area contributed by atoms with Crippen LogP contribution in [-0.2, 0) is 19.4 Å². The number of carbonyl (C=O) groups excluding carboxylic acids is 1. The number of primary amides is 1. The van der Waals surface area contributed by atoms with E-state index in [0.717, 1.165) is 35.1 Å². The summed E-state index contributed by atoms with van der Waals surface area (Å²) in [6, 6.07) is 20.1. The number of phenolic OH excluding ortho intramolecular Hbond substituents is 1. The summed E-state index contributed by atoms with van der Waals surface area (Å²) in [4.78, 5) is 11.3. The standard InChI is InChI=1S/C24H24N2O2/c1-15-10-19(24(25)28)8-9-22(15)18-6-7-20(23(27)13-18)14-26-21-11-16-4-2-3-5-17(16)12-21/h2-10,13,21,26-27H,11-12,14H2,1H3,(H2,25,28). The molecule has 0 atom stereocenters. The van der Waals surface area contributed by atoms with Gasteiger partial charge in [0.25, 0.3) is 0 Å². The minimum atomic E-state index is -0.437. The summed E-state index contributed by atoms with van der Waals surface area (Å²) in [5.74, 6) is -0.160. The molecule has 0 aromatic heterocycles. The summed E-state index contributed by atoms with van der Waals surface area (Å²) in [5.41, 5.74) is 12.4. The van der Waals surface area contributed by atoms with Crippen LogP contribution < -0.4 is 11.1 Å². The molecule has 0 aliphatic heterocycles. The molecule has 0 unspecified atom stereocenters. The highest BCUT2D eigenvalue weighted by Crippen LogP contribution is 2.30. The molecule has 0 spiro atoms. The number of carbonyl (C=O) groups is 1. The smallest absolute Gasteiger partial charge is 0.248 e. The second-order valence-corrected chi connectivity index (χ2v) is 7.49. The number of hydrogen-bond acceptors (Lipinski definition) is 3. The zero-order chi connectivity index (χ0) is 19.7. The monoisotopic (exact) mass is 372 g/mol. The summed E-state index contributed by atoms with van der Waals surface area (Å²) in [7, 11) is 0. The van der Waals surface area contributed by atoms with Crippen LogP contribution in [0, 0.1) is 6.92 Å². The van der Waals surface area contributed by atoms with E-state index in [-0.39, 0.29) is 5.75 Å². The van der Waals surface area contributed by atoms with Crippen molar-refractivity contribution in [2.45, 2.75) is 32.4 Å². The molecule has 0 bridgehead atoms. The first-order valence-electron chi connectivity index (χ1n) is 9.54. The second-order valence-electron chi connectivity index (χ2n) is 7.49. The van der Waals surface area contributed by atoms with E-state index in [1.54, 1.807) is 18.2 Å². The number of aromatic hydroxyl groups is 1. The molecular weight excluding hydrogens is 348 g/mol. The zero-order valence-electron chi connectivity index (χ0n) is 15.9. The molecule has 4 rings (SSSR count). The normalized spacial score (nSPS) is 13.5. The second kappa shape index (κ2) is 7.49. The number of rotatable bonds is 5. The van der Waals surface area contributed by atoms with Gasteiger partial charge in [-0.25, -0.2) is 0 Å². The minimum Gasteiger partial charge on any atom is -0.508 e. The first kappa shape index (κ1) is 18.3. The number of nitrogens with one attached hydrogen (secondary N) is 1. The van der Waals surface area contributed by atoms with Crippen LogP contribution in [0.4, 0.5) is 0 Å². The Morgan fingerprint density at radius 1 is 1.07 bits per heavy atom. The van der Waals surface area contributed by atoms with Crippen molar-refractivity contribution in [3.8, 4) is 16.9 Å². The van der Waals surface area contributed by atoms with Gasteiger partial charge in [-0.15, -0.1) is 0 Å². The lowest BCUT2D eigenvalue weighted by molar-refractivity contribution is 0.1000. The van der Waals surface area contributed by atoms with Crippen molar-refractivity contribution in [2.75, 3.05) is 0 Å². The van der Waals surface area contributed by atoms with Crippen molar-refractivity contribution in [2.24, 2.45) is 5.73 Å². The minimum absolute atomic E-state index is 0.277. The maximum atomic E-state index is 11.3. The third kappa shape index (κ3) is 3.64. The molecule has 0 fully saturated rings. The number of hydrogen-bond donors (Lipinski definition) is 3. The topological polar surface area (TPSA) is 75.4 Å². The molecule has 1 aliphatic carbocycles. The molecule has 142 valence electrons. The van der Waals surface area contributed by atoms with E-state index in [1.807, 2.05) is 25.1 Å². The van der Waals surface area contributed by atoms with Crippen molar-refractivity contribution >= 4 is 5.91 Å². The van der Waals surface area contributed by atoms with Gasteiger partial charge in [-0.05, 0) is 65.8 Å². The van der Waals surface area contributed by atoms with E-state index in [4.69, 9.17) is 5.73 Å². The summed E-state index contributed by atoms with van der Waals surface area (Å²) >= 11 is 0. The number of nitrogens with two attached hydrogens (primary N) is 1. The van der Waals surface area contributed by atoms with Crippen LogP contribution in [-0.4, -0.2) is 17.1 Å². The van der Waals surface area contributed by atoms with Gasteiger partial charge in [-0.2, -0.15) is 0 Å². The molecule has 0 saturated carbocycles. The number of amides is 1. The lowest BCUT2D eigenvalue weighted by atomic mass is 9.97. The highest BCUT2D eigenvalue weighted by atomic mass is 16.3. The van der Waals surface area contributed by atoms with Crippen LogP contribution in [0.5, 0.6) is 5.75 Å². The van der Waals surface area contributed by atoms with Gasteiger partial charge in [-0.1, -0.05) is 42.5 Å². The lowest BCUT2D eigenvalue weighted by Gasteiger charge is -2.14. The number of aryl methyl sites for hydroxylation is 1. The van der Waals surface area contributed by atoms with Crippen LogP contribution in [0.2, 0.25) is 0 Å². The first-order valence-corrected chi connectivity index (χ1v) is 9.54. The van der Waals surface area contributed by atoms with Crippen LogP contribution in [0.3, 0.4) is 0 Å². The molecule has 3 aromatic rings. The molecule has 3 aromatic carbocycles. The highest BCUT2D eigenvalue weighted by molar-refractivity contribution is 5.93. The van der Waals surface area contributed by atoms with Gasteiger partial charge < -0.3 is 16.2 Å². The van der Waals surface area contributed by atoms with E-state index in [0.29, 0.717) is 18.2 Å². The van der Waals surface area contributed by atoms with Gasteiger partial charge in [0.2, 0.25) is 5.91 Å². The van der Waals surface area contributed by atoms with E-state index >= 15 is 0 Å². The van der Waals surface area contributed by atoms with E-state index in [9.17, 15) is 9.90 Å². The number of phenols is 1. The summed E-state index contributed by atoms with van der Waals surface area (Å²) in [6.07, 6.45) is 2.06. The molecule has 28 heavy (non-hydrogen) atoms. The van der Waals surface area contributed by atoms with Gasteiger partial charge in [0, 0.05) is 23.7 Å². The Kier molecular flexibility index (Phi) is 4.88. The first-order chi connectivity index (χ1) is 13.5. The molecule has 4 heteroatoms. The Bertz CT molecular complexity index is 1020. The fraction of sp³-hybridized carbons (Fsp3) is 0.208. The predicted octanol–water partition coefficient (Wildman–Crippen LogP) is 3.72. The predicted molar refractivity (Wildman–Crippen MR) is 111 cm³/mol. The van der Waals surface area contributed by atoms with Crippen LogP contribution in [0.15, 0.2) is 60.7 Å². The third-order valence-electron chi connectivity index (χ3n) is 5.54. The summed E-state index contributed by atoms with van der Waals surface area (Å²) in [5, 5.41) is 14.1. The average Bonchev–Trinajstić information content (AvgIpc) is 3.10. The Morgan fingerprint density at radius 2 is 1.79 bits per heavy atom. The zero-order valence-corrected chi connectivity index (χ0v) is 15.9. The van der Waals surface area contributed by atoms with Crippen molar-refractivity contribution in [3.63, 3.8) is 0 Å². The van der Waals surface area contributed by atoms with Crippen LogP contribution >= 0.6 is 0 Å². The number of benzene rings is 3. The summed E-state index contributed by atoms with van der Waals surface area (Å²) < 4.78 is 0. The molecule has 4 nitrogen and oxygen atoms in total. The number of fused-ring (bicyclic) bond motifs is 1. The van der Waals surface area contributed by atoms with E-state index in [2.05, 4.69) is 29.6 Å². The largest absolute Gasteiger partial charge is 0.508 e. The molecule has 4 N–H and O–H groups in total. The fourth-order valence-corrected chi connectivity index (χ4v) is 3.98. The van der Waals surface area contributed by atoms with Gasteiger partial charge in [0.15, 0.2) is 0 Å². The Morgan fingerprint density at radius 3 is 2.39 bits per heavy atom. The maximum absolute atomic E-state index is 11.3. The Balaban J connectivity index is 1.46. The van der Waals surface area contributed by atoms with Gasteiger partial charge in [0.1, 0.15) is 5.75 Å². The Labute approximate surface area is 165 Å².